The second kappa shape index (κ2) is 8.48. The Hall–Kier alpha value is -3.13. The summed E-state index contributed by atoms with van der Waals surface area (Å²) in [5.41, 5.74) is 3.02. The number of hydrogen-bond donors (Lipinski definition) is 0. The molecule has 0 saturated carbocycles. The van der Waals surface area contributed by atoms with Gasteiger partial charge in [-0.1, -0.05) is 47.7 Å². The van der Waals surface area contributed by atoms with E-state index < -0.39 is 0 Å². The fourth-order valence-electron chi connectivity index (χ4n) is 3.05. The van der Waals surface area contributed by atoms with Crippen LogP contribution in [0.1, 0.15) is 18.4 Å². The molecule has 0 radical (unpaired) electrons. The van der Waals surface area contributed by atoms with Crippen molar-refractivity contribution in [1.82, 2.24) is 25.0 Å². The van der Waals surface area contributed by atoms with Crippen LogP contribution in [0.5, 0.6) is 5.75 Å². The van der Waals surface area contributed by atoms with Crippen molar-refractivity contribution >= 4 is 11.8 Å². The first kappa shape index (κ1) is 19.2. The van der Waals surface area contributed by atoms with E-state index in [2.05, 4.69) is 57.0 Å². The molecular weight excluding hydrogens is 386 g/mol. The van der Waals surface area contributed by atoms with Crippen LogP contribution in [-0.4, -0.2) is 32.1 Å². The maximum absolute atomic E-state index is 5.83. The normalized spacial score (nSPS) is 11.0. The minimum absolute atomic E-state index is 0.440. The fraction of sp³-hybridized carbons (Fsp3) is 0.238. The first-order valence-electron chi connectivity index (χ1n) is 9.28. The van der Waals surface area contributed by atoms with Crippen molar-refractivity contribution in [3.05, 3.63) is 60.0 Å². The largest absolute Gasteiger partial charge is 0.496 e. The third kappa shape index (κ3) is 4.02. The van der Waals surface area contributed by atoms with Gasteiger partial charge < -0.3 is 13.7 Å². The van der Waals surface area contributed by atoms with E-state index in [-0.39, 0.29) is 0 Å². The fourth-order valence-corrected chi connectivity index (χ4v) is 3.89. The average molecular weight is 407 g/mol. The van der Waals surface area contributed by atoms with Crippen LogP contribution in [0, 0.1) is 6.92 Å². The Balaban J connectivity index is 1.52. The molecule has 148 valence electrons. The molecule has 0 N–H and O–H groups in total. The van der Waals surface area contributed by atoms with E-state index >= 15 is 0 Å². The molecule has 0 aliphatic rings. The van der Waals surface area contributed by atoms with Crippen molar-refractivity contribution in [3.8, 4) is 28.6 Å². The van der Waals surface area contributed by atoms with Crippen LogP contribution in [0.4, 0.5) is 0 Å². The standard InChI is InChI=1S/C21H21N5O2S/c1-4-26-19(15-9-7-8-14(2)12-15)23-25-21(26)29-13-18-22-24-20(28-18)16-10-5-6-11-17(16)27-3/h5-12H,4,13H2,1-3H3. The third-order valence-corrected chi connectivity index (χ3v) is 5.39. The zero-order valence-electron chi connectivity index (χ0n) is 16.5. The van der Waals surface area contributed by atoms with Crippen LogP contribution in [0.15, 0.2) is 58.1 Å². The highest BCUT2D eigenvalue weighted by Gasteiger charge is 2.16. The molecule has 0 aliphatic carbocycles. The maximum Gasteiger partial charge on any atom is 0.251 e. The van der Waals surface area contributed by atoms with Gasteiger partial charge in [0, 0.05) is 12.1 Å². The summed E-state index contributed by atoms with van der Waals surface area (Å²) in [5, 5.41) is 17.9. The molecule has 7 nitrogen and oxygen atoms in total. The molecule has 0 bridgehead atoms. The quantitative estimate of drug-likeness (QED) is 0.413. The predicted molar refractivity (Wildman–Crippen MR) is 112 cm³/mol. The second-order valence-electron chi connectivity index (χ2n) is 6.41. The van der Waals surface area contributed by atoms with Gasteiger partial charge in [0.15, 0.2) is 11.0 Å². The average Bonchev–Trinajstić information content (AvgIpc) is 3.38. The van der Waals surface area contributed by atoms with Gasteiger partial charge in [-0.2, -0.15) is 0 Å². The van der Waals surface area contributed by atoms with Gasteiger partial charge in [0.2, 0.25) is 5.89 Å². The summed E-state index contributed by atoms with van der Waals surface area (Å²) < 4.78 is 13.3. The zero-order chi connectivity index (χ0) is 20.2. The van der Waals surface area contributed by atoms with Crippen molar-refractivity contribution in [3.63, 3.8) is 0 Å². The molecule has 0 atom stereocenters. The molecule has 0 amide bonds. The number of nitrogens with zero attached hydrogens (tertiary/aromatic N) is 5. The molecule has 0 spiro atoms. The Morgan fingerprint density at radius 1 is 1.03 bits per heavy atom. The highest BCUT2D eigenvalue weighted by Crippen LogP contribution is 2.30. The highest BCUT2D eigenvalue weighted by molar-refractivity contribution is 7.98. The highest BCUT2D eigenvalue weighted by atomic mass is 32.2. The summed E-state index contributed by atoms with van der Waals surface area (Å²) in [7, 11) is 1.62. The summed E-state index contributed by atoms with van der Waals surface area (Å²) in [6, 6.07) is 15.8. The topological polar surface area (TPSA) is 78.9 Å². The van der Waals surface area contributed by atoms with Crippen molar-refractivity contribution in [1.29, 1.82) is 0 Å². The van der Waals surface area contributed by atoms with E-state index in [1.54, 1.807) is 7.11 Å². The lowest BCUT2D eigenvalue weighted by Gasteiger charge is -2.07. The van der Waals surface area contributed by atoms with Crippen LogP contribution < -0.4 is 4.74 Å². The molecule has 2 aromatic carbocycles. The Morgan fingerprint density at radius 3 is 2.69 bits per heavy atom. The molecule has 8 heteroatoms. The summed E-state index contributed by atoms with van der Waals surface area (Å²) in [6.07, 6.45) is 0. The van der Waals surface area contributed by atoms with Gasteiger partial charge in [-0.05, 0) is 32.0 Å². The second-order valence-corrected chi connectivity index (χ2v) is 7.35. The monoisotopic (exact) mass is 407 g/mol. The predicted octanol–water partition coefficient (Wildman–Crippen LogP) is 4.62. The third-order valence-electron chi connectivity index (χ3n) is 4.44. The Morgan fingerprint density at radius 2 is 1.90 bits per heavy atom. The number of aromatic nitrogens is 5. The van der Waals surface area contributed by atoms with Crippen molar-refractivity contribution in [2.45, 2.75) is 31.3 Å². The summed E-state index contributed by atoms with van der Waals surface area (Å²) >= 11 is 1.52. The SMILES string of the molecule is CCn1c(SCc2nnc(-c3ccccc3OC)o2)nnc1-c1cccc(C)c1. The van der Waals surface area contributed by atoms with E-state index in [4.69, 9.17) is 9.15 Å². The first-order chi connectivity index (χ1) is 14.2. The van der Waals surface area contributed by atoms with Crippen molar-refractivity contribution in [2.24, 2.45) is 0 Å². The van der Waals surface area contributed by atoms with Crippen LogP contribution in [0.3, 0.4) is 0 Å². The molecule has 2 heterocycles. The summed E-state index contributed by atoms with van der Waals surface area (Å²) in [6.45, 7) is 4.93. The summed E-state index contributed by atoms with van der Waals surface area (Å²) in [4.78, 5) is 0. The molecule has 0 fully saturated rings. The molecule has 0 saturated heterocycles. The number of hydrogen-bond acceptors (Lipinski definition) is 7. The number of ether oxygens (including phenoxy) is 1. The molecule has 0 unspecified atom stereocenters. The van der Waals surface area contributed by atoms with Crippen molar-refractivity contribution in [2.75, 3.05) is 7.11 Å². The molecule has 2 aromatic heterocycles. The van der Waals surface area contributed by atoms with Gasteiger partial charge in [-0.25, -0.2) is 0 Å². The number of para-hydroxylation sites is 1. The smallest absolute Gasteiger partial charge is 0.251 e. The molecule has 4 aromatic rings. The Labute approximate surface area is 173 Å². The van der Waals surface area contributed by atoms with Gasteiger partial charge in [0.25, 0.3) is 5.89 Å². The van der Waals surface area contributed by atoms with Crippen molar-refractivity contribution < 1.29 is 9.15 Å². The lowest BCUT2D eigenvalue weighted by molar-refractivity contribution is 0.414. The van der Waals surface area contributed by atoms with Gasteiger partial charge in [0.1, 0.15) is 5.75 Å². The first-order valence-corrected chi connectivity index (χ1v) is 10.3. The van der Waals surface area contributed by atoms with E-state index in [9.17, 15) is 0 Å². The van der Waals surface area contributed by atoms with E-state index in [1.807, 2.05) is 30.3 Å². The lowest BCUT2D eigenvalue weighted by atomic mass is 10.1. The molecular formula is C21H21N5O2S. The number of benzene rings is 2. The minimum atomic E-state index is 0.440. The minimum Gasteiger partial charge on any atom is -0.496 e. The van der Waals surface area contributed by atoms with E-state index in [0.29, 0.717) is 23.3 Å². The lowest BCUT2D eigenvalue weighted by Crippen LogP contribution is -2.00. The van der Waals surface area contributed by atoms with Gasteiger partial charge >= 0.3 is 0 Å². The van der Waals surface area contributed by atoms with E-state index in [1.165, 1.54) is 17.3 Å². The number of thioether (sulfide) groups is 1. The number of aryl methyl sites for hydroxylation is 1. The number of methoxy groups -OCH3 is 1. The van der Waals surface area contributed by atoms with Gasteiger partial charge in [-0.15, -0.1) is 20.4 Å². The van der Waals surface area contributed by atoms with Gasteiger partial charge in [0.05, 0.1) is 18.4 Å². The zero-order valence-corrected chi connectivity index (χ0v) is 17.3. The van der Waals surface area contributed by atoms with Crippen LogP contribution in [-0.2, 0) is 12.3 Å². The number of rotatable bonds is 7. The molecule has 4 rings (SSSR count). The van der Waals surface area contributed by atoms with Crippen LogP contribution in [0.2, 0.25) is 0 Å². The van der Waals surface area contributed by atoms with Crippen LogP contribution >= 0.6 is 11.8 Å². The van der Waals surface area contributed by atoms with Gasteiger partial charge in [-0.3, -0.25) is 0 Å². The van der Waals surface area contributed by atoms with Crippen LogP contribution in [0.25, 0.3) is 22.8 Å². The Kier molecular flexibility index (Phi) is 5.62. The maximum atomic E-state index is 5.83. The Bertz CT molecular complexity index is 1120. The molecule has 0 aliphatic heterocycles. The van der Waals surface area contributed by atoms with E-state index in [0.717, 1.165) is 28.7 Å². The molecule has 29 heavy (non-hydrogen) atoms. The summed E-state index contributed by atoms with van der Waals surface area (Å²) in [5.74, 6) is 3.03.